The number of hydrogen-bond donors (Lipinski definition) is 1. The second-order valence-electron chi connectivity index (χ2n) is 9.95. The summed E-state index contributed by atoms with van der Waals surface area (Å²) in [6.45, 7) is -0.254. The lowest BCUT2D eigenvalue weighted by Gasteiger charge is -2.34. The first kappa shape index (κ1) is 28.8. The zero-order chi connectivity index (χ0) is 27.8. The number of nitrogens with zero attached hydrogens (tertiary/aromatic N) is 2. The molecule has 0 aliphatic heterocycles. The number of sulfonamides is 1. The Labute approximate surface area is 239 Å². The van der Waals surface area contributed by atoms with E-state index in [0.717, 1.165) is 51.8 Å². The average Bonchev–Trinajstić information content (AvgIpc) is 3.43. The topological polar surface area (TPSA) is 86.8 Å². The van der Waals surface area contributed by atoms with Crippen molar-refractivity contribution in [2.45, 2.75) is 50.7 Å². The number of carbonyl (C=O) groups excluding carboxylic acids is 2. The smallest absolute Gasteiger partial charge is 0.244 e. The van der Waals surface area contributed by atoms with E-state index in [4.69, 9.17) is 0 Å². The highest BCUT2D eigenvalue weighted by molar-refractivity contribution is 9.10. The van der Waals surface area contributed by atoms with Crippen molar-refractivity contribution in [3.05, 3.63) is 101 Å². The van der Waals surface area contributed by atoms with Gasteiger partial charge in [0.15, 0.2) is 0 Å². The summed E-state index contributed by atoms with van der Waals surface area (Å²) in [5.41, 5.74) is 2.15. The minimum absolute atomic E-state index is 0.0808. The van der Waals surface area contributed by atoms with Gasteiger partial charge in [-0.15, -0.1) is 0 Å². The van der Waals surface area contributed by atoms with Gasteiger partial charge in [-0.05, 0) is 48.2 Å². The van der Waals surface area contributed by atoms with Gasteiger partial charge in [0.1, 0.15) is 12.6 Å². The van der Waals surface area contributed by atoms with Crippen LogP contribution in [-0.4, -0.2) is 50.0 Å². The molecule has 1 N–H and O–H groups in total. The van der Waals surface area contributed by atoms with E-state index in [0.29, 0.717) is 12.1 Å². The molecule has 1 saturated carbocycles. The van der Waals surface area contributed by atoms with Crippen molar-refractivity contribution < 1.29 is 18.0 Å². The lowest BCUT2D eigenvalue weighted by atomic mass is 10.0. The van der Waals surface area contributed by atoms with Gasteiger partial charge < -0.3 is 10.2 Å². The minimum Gasteiger partial charge on any atom is -0.352 e. The van der Waals surface area contributed by atoms with Gasteiger partial charge in [-0.1, -0.05) is 89.4 Å². The molecule has 4 rings (SSSR count). The maximum Gasteiger partial charge on any atom is 0.244 e. The third kappa shape index (κ3) is 8.16. The zero-order valence-electron chi connectivity index (χ0n) is 22.0. The second kappa shape index (κ2) is 13.3. The van der Waals surface area contributed by atoms with Crippen LogP contribution in [0.3, 0.4) is 0 Å². The number of halogens is 1. The molecule has 0 spiro atoms. The molecule has 206 valence electrons. The number of benzene rings is 3. The Morgan fingerprint density at radius 1 is 0.897 bits per heavy atom. The summed E-state index contributed by atoms with van der Waals surface area (Å²) in [4.78, 5) is 29.4. The van der Waals surface area contributed by atoms with Crippen LogP contribution in [0.2, 0.25) is 0 Å². The number of hydrogen-bond acceptors (Lipinski definition) is 4. The summed E-state index contributed by atoms with van der Waals surface area (Å²) in [6, 6.07) is 25.0. The van der Waals surface area contributed by atoms with Crippen LogP contribution in [0.25, 0.3) is 0 Å². The number of rotatable bonds is 11. The Balaban J connectivity index is 1.70. The lowest BCUT2D eigenvalue weighted by molar-refractivity contribution is -0.140. The second-order valence-corrected chi connectivity index (χ2v) is 12.8. The third-order valence-electron chi connectivity index (χ3n) is 6.96. The maximum atomic E-state index is 14.0. The summed E-state index contributed by atoms with van der Waals surface area (Å²) in [5.74, 6) is -0.670. The van der Waals surface area contributed by atoms with Crippen LogP contribution in [-0.2, 0) is 32.6 Å². The minimum atomic E-state index is -3.77. The number of amides is 2. The number of carbonyl (C=O) groups is 2. The third-order valence-corrected chi connectivity index (χ3v) is 8.63. The van der Waals surface area contributed by atoms with E-state index >= 15 is 0 Å². The molecular formula is C30H34BrN3O4S. The van der Waals surface area contributed by atoms with Gasteiger partial charge in [0, 0.05) is 23.5 Å². The molecule has 1 atom stereocenters. The van der Waals surface area contributed by atoms with E-state index in [1.807, 2.05) is 54.6 Å². The molecule has 39 heavy (non-hydrogen) atoms. The van der Waals surface area contributed by atoms with E-state index in [1.165, 1.54) is 4.90 Å². The van der Waals surface area contributed by atoms with Crippen LogP contribution < -0.4 is 9.62 Å². The fourth-order valence-electron chi connectivity index (χ4n) is 4.92. The Hall–Kier alpha value is -3.17. The van der Waals surface area contributed by atoms with Crippen LogP contribution >= 0.6 is 15.9 Å². The quantitative estimate of drug-likeness (QED) is 0.334. The highest BCUT2D eigenvalue weighted by atomic mass is 79.9. The van der Waals surface area contributed by atoms with E-state index in [9.17, 15) is 18.0 Å². The van der Waals surface area contributed by atoms with Gasteiger partial charge in [-0.2, -0.15) is 0 Å². The van der Waals surface area contributed by atoms with Crippen molar-refractivity contribution in [2.24, 2.45) is 0 Å². The largest absolute Gasteiger partial charge is 0.352 e. The molecular weight excluding hydrogens is 578 g/mol. The average molecular weight is 613 g/mol. The summed E-state index contributed by atoms with van der Waals surface area (Å²) in [5, 5.41) is 3.17. The maximum absolute atomic E-state index is 14.0. The Kier molecular flexibility index (Phi) is 9.80. The molecule has 0 aromatic heterocycles. The standard InChI is InChI=1S/C30H34BrN3O4S/c1-39(37,38)34(27-14-6-3-7-15-27)22-29(35)33(21-24-16-18-25(31)19-17-24)28(20-23-10-4-2-5-11-23)30(36)32-26-12-8-9-13-26/h2-7,10-11,14-19,26,28H,8-9,12-13,20-22H2,1H3,(H,32,36)/t28-/m1/s1. The molecule has 1 aliphatic carbocycles. The van der Waals surface area contributed by atoms with Crippen molar-refractivity contribution in [3.8, 4) is 0 Å². The van der Waals surface area contributed by atoms with Crippen molar-refractivity contribution in [3.63, 3.8) is 0 Å². The van der Waals surface area contributed by atoms with Gasteiger partial charge in [-0.25, -0.2) is 8.42 Å². The molecule has 0 radical (unpaired) electrons. The molecule has 1 aliphatic rings. The molecule has 0 unspecified atom stereocenters. The lowest BCUT2D eigenvalue weighted by Crippen LogP contribution is -2.54. The first-order valence-corrected chi connectivity index (χ1v) is 15.8. The predicted molar refractivity (Wildman–Crippen MR) is 158 cm³/mol. The Bertz CT molecular complexity index is 1350. The SMILES string of the molecule is CS(=O)(=O)N(CC(=O)N(Cc1ccc(Br)cc1)[C@H](Cc1ccccc1)C(=O)NC1CCCC1)c1ccccc1. The van der Waals surface area contributed by atoms with E-state index in [-0.39, 0.29) is 18.5 Å². The van der Waals surface area contributed by atoms with Gasteiger partial charge in [0.05, 0.1) is 11.9 Å². The molecule has 2 amide bonds. The molecule has 0 bridgehead atoms. The summed E-state index contributed by atoms with van der Waals surface area (Å²) in [6.07, 6.45) is 5.36. The van der Waals surface area contributed by atoms with Crippen molar-refractivity contribution in [2.75, 3.05) is 17.1 Å². The monoisotopic (exact) mass is 611 g/mol. The van der Waals surface area contributed by atoms with Gasteiger partial charge in [-0.3, -0.25) is 13.9 Å². The fourth-order valence-corrected chi connectivity index (χ4v) is 6.03. The molecule has 1 fully saturated rings. The molecule has 7 nitrogen and oxygen atoms in total. The van der Waals surface area contributed by atoms with Crippen LogP contribution in [0.5, 0.6) is 0 Å². The number of anilines is 1. The van der Waals surface area contributed by atoms with Gasteiger partial charge >= 0.3 is 0 Å². The van der Waals surface area contributed by atoms with Gasteiger partial charge in [0.25, 0.3) is 0 Å². The molecule has 0 heterocycles. The molecule has 9 heteroatoms. The van der Waals surface area contributed by atoms with Gasteiger partial charge in [0.2, 0.25) is 21.8 Å². The van der Waals surface area contributed by atoms with Crippen LogP contribution in [0.1, 0.15) is 36.8 Å². The Morgan fingerprint density at radius 2 is 1.49 bits per heavy atom. The zero-order valence-corrected chi connectivity index (χ0v) is 24.4. The first-order valence-electron chi connectivity index (χ1n) is 13.1. The Morgan fingerprint density at radius 3 is 2.08 bits per heavy atom. The first-order chi connectivity index (χ1) is 18.7. The predicted octanol–water partition coefficient (Wildman–Crippen LogP) is 4.91. The fraction of sp³-hybridized carbons (Fsp3) is 0.333. The highest BCUT2D eigenvalue weighted by Gasteiger charge is 2.34. The van der Waals surface area contributed by atoms with E-state index in [1.54, 1.807) is 30.3 Å². The number of nitrogens with one attached hydrogen (secondary N) is 1. The van der Waals surface area contributed by atoms with Crippen LogP contribution in [0.15, 0.2) is 89.4 Å². The normalized spacial score (nSPS) is 14.5. The highest BCUT2D eigenvalue weighted by Crippen LogP contribution is 2.22. The van der Waals surface area contributed by atoms with E-state index in [2.05, 4.69) is 21.2 Å². The summed E-state index contributed by atoms with van der Waals surface area (Å²) in [7, 11) is -3.77. The van der Waals surface area contributed by atoms with Crippen LogP contribution in [0.4, 0.5) is 5.69 Å². The van der Waals surface area contributed by atoms with Crippen LogP contribution in [0, 0.1) is 0 Å². The number of para-hydroxylation sites is 1. The van der Waals surface area contributed by atoms with E-state index < -0.39 is 28.5 Å². The van der Waals surface area contributed by atoms with Crippen molar-refractivity contribution in [1.82, 2.24) is 10.2 Å². The van der Waals surface area contributed by atoms with Crippen molar-refractivity contribution in [1.29, 1.82) is 0 Å². The molecule has 3 aromatic carbocycles. The summed E-state index contributed by atoms with van der Waals surface area (Å²) >= 11 is 3.45. The summed E-state index contributed by atoms with van der Waals surface area (Å²) < 4.78 is 27.6. The van der Waals surface area contributed by atoms with Crippen molar-refractivity contribution >= 4 is 43.5 Å². The molecule has 3 aromatic rings. The molecule has 0 saturated heterocycles.